The van der Waals surface area contributed by atoms with Crippen LogP contribution in [0.2, 0.25) is 0 Å². The predicted molar refractivity (Wildman–Crippen MR) is 96.9 cm³/mol. The molecule has 156 valence electrons. The van der Waals surface area contributed by atoms with Gasteiger partial charge in [0, 0.05) is 32.3 Å². The smallest absolute Gasteiger partial charge is 0.377 e. The van der Waals surface area contributed by atoms with Gasteiger partial charge in [-0.25, -0.2) is 0 Å². The number of morpholine rings is 1. The number of anilines is 2. The van der Waals surface area contributed by atoms with Crippen LogP contribution in [0.15, 0.2) is 10.9 Å². The number of alkyl halides is 3. The summed E-state index contributed by atoms with van der Waals surface area (Å²) in [6, 6.07) is -0.248. The van der Waals surface area contributed by atoms with Gasteiger partial charge in [0.2, 0.25) is 5.95 Å². The zero-order valence-corrected chi connectivity index (χ0v) is 15.8. The van der Waals surface area contributed by atoms with Crippen molar-refractivity contribution in [3.8, 4) is 0 Å². The van der Waals surface area contributed by atoms with Gasteiger partial charge in [0.1, 0.15) is 11.9 Å². The summed E-state index contributed by atoms with van der Waals surface area (Å²) in [6.45, 7) is 4.12. The lowest BCUT2D eigenvalue weighted by molar-refractivity contribution is -0.153. The summed E-state index contributed by atoms with van der Waals surface area (Å²) in [5.74, 6) is 0.498. The summed E-state index contributed by atoms with van der Waals surface area (Å²) in [5.41, 5.74) is -0.323. The van der Waals surface area contributed by atoms with Gasteiger partial charge in [0.05, 0.1) is 25.4 Å². The van der Waals surface area contributed by atoms with Crippen LogP contribution in [0.3, 0.4) is 0 Å². The van der Waals surface area contributed by atoms with E-state index in [9.17, 15) is 18.0 Å². The maximum atomic E-state index is 13.8. The van der Waals surface area contributed by atoms with Crippen LogP contribution in [0.5, 0.6) is 0 Å². The Balaban J connectivity index is 1.73. The normalized spacial score (nSPS) is 28.5. The van der Waals surface area contributed by atoms with E-state index in [-0.39, 0.29) is 43.2 Å². The first-order chi connectivity index (χ1) is 13.3. The van der Waals surface area contributed by atoms with Crippen molar-refractivity contribution >= 4 is 11.8 Å². The lowest BCUT2D eigenvalue weighted by Crippen LogP contribution is -2.55. The molecule has 0 N–H and O–H groups in total. The Bertz CT molecular complexity index is 763. The molecule has 2 saturated heterocycles. The predicted octanol–water partition coefficient (Wildman–Crippen LogP) is 1.79. The van der Waals surface area contributed by atoms with Crippen molar-refractivity contribution in [1.29, 1.82) is 0 Å². The number of fused-ring (bicyclic) bond motifs is 1. The van der Waals surface area contributed by atoms with Crippen LogP contribution in [0.25, 0.3) is 0 Å². The molecule has 3 aliphatic rings. The van der Waals surface area contributed by atoms with Crippen LogP contribution in [0.4, 0.5) is 24.9 Å². The third kappa shape index (κ3) is 3.71. The number of hydrogen-bond donors (Lipinski definition) is 0. The van der Waals surface area contributed by atoms with E-state index in [2.05, 4.69) is 4.98 Å². The van der Waals surface area contributed by atoms with E-state index in [0.29, 0.717) is 38.6 Å². The molecule has 10 heteroatoms. The van der Waals surface area contributed by atoms with E-state index >= 15 is 0 Å². The average Bonchev–Trinajstić information content (AvgIpc) is 3.14. The van der Waals surface area contributed by atoms with Gasteiger partial charge in [0.25, 0.3) is 5.56 Å². The topological polar surface area (TPSA) is 59.8 Å². The van der Waals surface area contributed by atoms with E-state index in [1.165, 1.54) is 15.5 Å². The van der Waals surface area contributed by atoms with Crippen molar-refractivity contribution in [1.82, 2.24) is 9.55 Å². The van der Waals surface area contributed by atoms with Crippen LogP contribution in [0, 0.1) is 0 Å². The molecule has 7 nitrogen and oxygen atoms in total. The summed E-state index contributed by atoms with van der Waals surface area (Å²) >= 11 is 0. The zero-order valence-electron chi connectivity index (χ0n) is 15.8. The van der Waals surface area contributed by atoms with Crippen molar-refractivity contribution in [3.05, 3.63) is 16.4 Å². The zero-order chi connectivity index (χ0) is 19.9. The number of hydrogen-bond acceptors (Lipinski definition) is 6. The summed E-state index contributed by atoms with van der Waals surface area (Å²) in [6.07, 6.45) is -3.30. The number of ether oxygens (including phenoxy) is 2. The van der Waals surface area contributed by atoms with Crippen molar-refractivity contribution in [3.63, 3.8) is 0 Å². The molecular weight excluding hydrogens is 377 g/mol. The molecule has 0 saturated carbocycles. The molecule has 4 rings (SSSR count). The third-order valence-corrected chi connectivity index (χ3v) is 5.70. The second-order valence-corrected chi connectivity index (χ2v) is 7.66. The Morgan fingerprint density at radius 1 is 1.25 bits per heavy atom. The summed E-state index contributed by atoms with van der Waals surface area (Å²) in [7, 11) is 0. The van der Waals surface area contributed by atoms with Gasteiger partial charge >= 0.3 is 6.18 Å². The fourth-order valence-corrected chi connectivity index (χ4v) is 4.23. The molecule has 3 atom stereocenters. The largest absolute Gasteiger partial charge is 0.408 e. The number of halogens is 3. The first kappa shape index (κ1) is 19.5. The Morgan fingerprint density at radius 3 is 2.75 bits per heavy atom. The average molecular weight is 402 g/mol. The second kappa shape index (κ2) is 7.55. The molecular formula is C18H25F3N4O3. The highest BCUT2D eigenvalue weighted by molar-refractivity contribution is 5.47. The summed E-state index contributed by atoms with van der Waals surface area (Å²) in [4.78, 5) is 20.4. The van der Waals surface area contributed by atoms with Crippen LogP contribution in [-0.2, 0) is 16.0 Å². The molecule has 4 heterocycles. The highest BCUT2D eigenvalue weighted by Crippen LogP contribution is 2.35. The monoisotopic (exact) mass is 402 g/mol. The quantitative estimate of drug-likeness (QED) is 0.768. The van der Waals surface area contributed by atoms with Crippen LogP contribution in [-0.4, -0.2) is 66.8 Å². The summed E-state index contributed by atoms with van der Waals surface area (Å²) in [5, 5.41) is 0. The Hall–Kier alpha value is -1.81. The van der Waals surface area contributed by atoms with Gasteiger partial charge in [0.15, 0.2) is 0 Å². The Morgan fingerprint density at radius 2 is 2.07 bits per heavy atom. The van der Waals surface area contributed by atoms with Crippen LogP contribution < -0.4 is 15.4 Å². The second-order valence-electron chi connectivity index (χ2n) is 7.66. The molecule has 1 aromatic heterocycles. The lowest BCUT2D eigenvalue weighted by Gasteiger charge is -2.41. The standard InChI is InChI=1S/C18H25F3N4O3/c1-12-11-27-8-6-23(12)15-9-16(26)24-5-4-14(18(19,20)21)25(17(24)22-15)10-13-3-2-7-28-13/h9,12-14H,2-8,10-11H2,1H3. The molecule has 1 aromatic rings. The van der Waals surface area contributed by atoms with Gasteiger partial charge in [-0.05, 0) is 26.2 Å². The first-order valence-electron chi connectivity index (χ1n) is 9.76. The molecule has 0 radical (unpaired) electrons. The Kier molecular flexibility index (Phi) is 5.26. The number of aromatic nitrogens is 2. The maximum absolute atomic E-state index is 13.8. The molecule has 0 spiro atoms. The van der Waals surface area contributed by atoms with Gasteiger partial charge in [-0.15, -0.1) is 0 Å². The minimum atomic E-state index is -4.40. The fraction of sp³-hybridized carbons (Fsp3) is 0.778. The molecule has 0 aliphatic carbocycles. The van der Waals surface area contributed by atoms with Crippen molar-refractivity contribution in [2.45, 2.75) is 57.1 Å². The minimum Gasteiger partial charge on any atom is -0.377 e. The van der Waals surface area contributed by atoms with E-state index in [0.717, 1.165) is 6.42 Å². The molecule has 28 heavy (non-hydrogen) atoms. The van der Waals surface area contributed by atoms with Gasteiger partial charge in [-0.1, -0.05) is 0 Å². The minimum absolute atomic E-state index is 0.00248. The first-order valence-corrected chi connectivity index (χ1v) is 9.76. The third-order valence-electron chi connectivity index (χ3n) is 5.70. The van der Waals surface area contributed by atoms with E-state index in [1.54, 1.807) is 0 Å². The maximum Gasteiger partial charge on any atom is 0.408 e. The highest BCUT2D eigenvalue weighted by Gasteiger charge is 2.47. The van der Waals surface area contributed by atoms with Gasteiger partial charge in [-0.3, -0.25) is 9.36 Å². The van der Waals surface area contributed by atoms with Crippen molar-refractivity contribution in [2.75, 3.05) is 42.7 Å². The van der Waals surface area contributed by atoms with Crippen molar-refractivity contribution < 1.29 is 22.6 Å². The molecule has 2 fully saturated rings. The van der Waals surface area contributed by atoms with Crippen LogP contribution in [0.1, 0.15) is 26.2 Å². The van der Waals surface area contributed by atoms with E-state index in [1.807, 2.05) is 11.8 Å². The SMILES string of the molecule is CC1COCCN1c1cc(=O)n2c(n1)N(CC1CCCO1)C(C(F)(F)F)CC2. The molecule has 0 amide bonds. The highest BCUT2D eigenvalue weighted by atomic mass is 19.4. The molecule has 3 aliphatic heterocycles. The van der Waals surface area contributed by atoms with Gasteiger partial charge in [-0.2, -0.15) is 18.2 Å². The Labute approximate surface area is 161 Å². The van der Waals surface area contributed by atoms with Crippen molar-refractivity contribution in [2.24, 2.45) is 0 Å². The fourth-order valence-electron chi connectivity index (χ4n) is 4.23. The van der Waals surface area contributed by atoms with E-state index in [4.69, 9.17) is 9.47 Å². The molecule has 3 unspecified atom stereocenters. The van der Waals surface area contributed by atoms with Gasteiger partial charge < -0.3 is 19.3 Å². The molecule has 0 bridgehead atoms. The number of rotatable bonds is 3. The van der Waals surface area contributed by atoms with Crippen LogP contribution >= 0.6 is 0 Å². The van der Waals surface area contributed by atoms with E-state index < -0.39 is 12.2 Å². The summed E-state index contributed by atoms with van der Waals surface area (Å²) < 4.78 is 53.6. The number of nitrogens with zero attached hydrogens (tertiary/aromatic N) is 4. The lowest BCUT2D eigenvalue weighted by atomic mass is 10.1. The molecule has 0 aromatic carbocycles.